The second-order valence-corrected chi connectivity index (χ2v) is 5.89. The van der Waals surface area contributed by atoms with Crippen molar-refractivity contribution in [2.45, 2.75) is 38.8 Å². The van der Waals surface area contributed by atoms with Crippen molar-refractivity contribution >= 4 is 12.0 Å². The molecular weight excluding hydrogens is 284 g/mol. The smallest absolute Gasteiger partial charge is 0.408 e. The Morgan fingerprint density at radius 2 is 1.82 bits per heavy atom. The Morgan fingerprint density at radius 1 is 1.23 bits per heavy atom. The molecule has 0 fully saturated rings. The van der Waals surface area contributed by atoms with Crippen molar-refractivity contribution in [3.05, 3.63) is 35.9 Å². The molecule has 0 bridgehead atoms. The van der Waals surface area contributed by atoms with E-state index in [1.54, 1.807) is 20.8 Å². The van der Waals surface area contributed by atoms with Gasteiger partial charge in [0.15, 0.2) is 0 Å². The van der Waals surface area contributed by atoms with Crippen LogP contribution in [-0.4, -0.2) is 36.8 Å². The summed E-state index contributed by atoms with van der Waals surface area (Å²) in [7, 11) is 2.94. The number of hydrogen-bond acceptors (Lipinski definition) is 4. The van der Waals surface area contributed by atoms with Crippen LogP contribution < -0.4 is 5.32 Å². The molecule has 1 N–H and O–H groups in total. The highest BCUT2D eigenvalue weighted by molar-refractivity contribution is 5.77. The maximum Gasteiger partial charge on any atom is 0.408 e. The second kappa shape index (κ2) is 7.79. The van der Waals surface area contributed by atoms with Crippen LogP contribution >= 0.6 is 0 Å². The van der Waals surface area contributed by atoms with Crippen molar-refractivity contribution < 1.29 is 19.2 Å². The lowest BCUT2D eigenvalue weighted by molar-refractivity contribution is -0.169. The van der Waals surface area contributed by atoms with E-state index in [1.165, 1.54) is 14.2 Å². The minimum atomic E-state index is -0.599. The van der Waals surface area contributed by atoms with E-state index < -0.39 is 17.7 Å². The molecule has 0 unspecified atom stereocenters. The third-order valence-corrected chi connectivity index (χ3v) is 2.90. The number of alkyl carbamates (subject to hydrolysis) is 1. The zero-order chi connectivity index (χ0) is 16.8. The van der Waals surface area contributed by atoms with Gasteiger partial charge in [-0.25, -0.2) is 9.86 Å². The van der Waals surface area contributed by atoms with Crippen LogP contribution in [0.3, 0.4) is 0 Å². The minimum absolute atomic E-state index is 0.0770. The number of nitrogens with zero attached hydrogens (tertiary/aromatic N) is 1. The molecule has 0 aliphatic carbocycles. The molecule has 1 aromatic carbocycles. The number of nitrogens with one attached hydrogen (secondary N) is 1. The summed E-state index contributed by atoms with van der Waals surface area (Å²) in [6, 6.07) is 8.79. The molecule has 0 aliphatic rings. The fourth-order valence-corrected chi connectivity index (χ4v) is 1.79. The van der Waals surface area contributed by atoms with E-state index in [4.69, 9.17) is 9.57 Å². The Morgan fingerprint density at radius 3 is 2.32 bits per heavy atom. The quantitative estimate of drug-likeness (QED) is 0.849. The number of benzene rings is 1. The number of rotatable bonds is 5. The largest absolute Gasteiger partial charge is 0.444 e. The molecule has 1 aromatic rings. The van der Waals surface area contributed by atoms with Crippen LogP contribution in [0.25, 0.3) is 0 Å². The van der Waals surface area contributed by atoms with Gasteiger partial charge in [-0.1, -0.05) is 30.3 Å². The summed E-state index contributed by atoms with van der Waals surface area (Å²) < 4.78 is 5.25. The average molecular weight is 308 g/mol. The Balaban J connectivity index is 2.84. The summed E-state index contributed by atoms with van der Waals surface area (Å²) in [5, 5.41) is 3.87. The van der Waals surface area contributed by atoms with Crippen molar-refractivity contribution in [1.29, 1.82) is 0 Å². The van der Waals surface area contributed by atoms with E-state index in [-0.39, 0.29) is 12.3 Å². The molecule has 1 atom stereocenters. The SMILES string of the molecule is CON(C)C(=O)C[C@@H](NC(=O)OC(C)(C)C)c1ccccc1. The summed E-state index contributed by atoms with van der Waals surface area (Å²) >= 11 is 0. The number of hydrogen-bond donors (Lipinski definition) is 1. The van der Waals surface area contributed by atoms with Crippen molar-refractivity contribution in [3.63, 3.8) is 0 Å². The third-order valence-electron chi connectivity index (χ3n) is 2.90. The normalized spacial score (nSPS) is 12.4. The average Bonchev–Trinajstić information content (AvgIpc) is 2.44. The molecule has 1 rings (SSSR count). The van der Waals surface area contributed by atoms with Gasteiger partial charge in [-0.05, 0) is 26.3 Å². The molecule has 0 aromatic heterocycles. The molecule has 22 heavy (non-hydrogen) atoms. The Bertz CT molecular complexity index is 497. The fraction of sp³-hybridized carbons (Fsp3) is 0.500. The van der Waals surface area contributed by atoms with Crippen molar-refractivity contribution in [2.24, 2.45) is 0 Å². The van der Waals surface area contributed by atoms with Gasteiger partial charge in [-0.3, -0.25) is 9.63 Å². The molecule has 0 saturated carbocycles. The van der Waals surface area contributed by atoms with Crippen molar-refractivity contribution in [2.75, 3.05) is 14.2 Å². The standard InChI is InChI=1S/C16H24N2O4/c1-16(2,3)22-15(20)17-13(11-14(19)18(4)21-5)12-9-7-6-8-10-12/h6-10,13H,11H2,1-5H3,(H,17,20)/t13-/m1/s1. The minimum Gasteiger partial charge on any atom is -0.444 e. The summed E-state index contributed by atoms with van der Waals surface area (Å²) in [5.74, 6) is -0.243. The van der Waals surface area contributed by atoms with Crippen molar-refractivity contribution in [3.8, 4) is 0 Å². The van der Waals surface area contributed by atoms with Gasteiger partial charge in [0.25, 0.3) is 0 Å². The van der Waals surface area contributed by atoms with Gasteiger partial charge in [0.1, 0.15) is 5.60 Å². The highest BCUT2D eigenvalue weighted by atomic mass is 16.7. The van der Waals surface area contributed by atoms with Crippen LogP contribution in [0.5, 0.6) is 0 Å². The lowest BCUT2D eigenvalue weighted by atomic mass is 10.0. The predicted molar refractivity (Wildman–Crippen MR) is 82.9 cm³/mol. The maximum absolute atomic E-state index is 12.0. The van der Waals surface area contributed by atoms with Crippen LogP contribution in [0.2, 0.25) is 0 Å². The number of ether oxygens (including phenoxy) is 1. The van der Waals surface area contributed by atoms with Crippen LogP contribution in [0.4, 0.5) is 4.79 Å². The van der Waals surface area contributed by atoms with Crippen molar-refractivity contribution in [1.82, 2.24) is 10.4 Å². The van der Waals surface area contributed by atoms with E-state index in [2.05, 4.69) is 5.32 Å². The summed E-state index contributed by atoms with van der Waals surface area (Å²) in [5.41, 5.74) is 0.227. The summed E-state index contributed by atoms with van der Waals surface area (Å²) in [4.78, 5) is 28.9. The monoisotopic (exact) mass is 308 g/mol. The van der Waals surface area contributed by atoms with Crippen LogP contribution in [0.1, 0.15) is 38.8 Å². The molecule has 0 spiro atoms. The highest BCUT2D eigenvalue weighted by Crippen LogP contribution is 2.19. The molecule has 0 saturated heterocycles. The molecule has 2 amide bonds. The first kappa shape index (κ1) is 18.0. The zero-order valence-electron chi connectivity index (χ0n) is 13.8. The molecule has 0 heterocycles. The Labute approximate surface area is 131 Å². The lowest BCUT2D eigenvalue weighted by Crippen LogP contribution is -2.37. The first-order valence-corrected chi connectivity index (χ1v) is 7.08. The third kappa shape index (κ3) is 6.13. The zero-order valence-corrected chi connectivity index (χ0v) is 13.8. The van der Waals surface area contributed by atoms with E-state index in [0.29, 0.717) is 0 Å². The van der Waals surface area contributed by atoms with Gasteiger partial charge in [0.2, 0.25) is 5.91 Å². The summed E-state index contributed by atoms with van der Waals surface area (Å²) in [6.07, 6.45) is -0.484. The van der Waals surface area contributed by atoms with Gasteiger partial charge >= 0.3 is 6.09 Å². The van der Waals surface area contributed by atoms with E-state index in [0.717, 1.165) is 10.6 Å². The Hall–Kier alpha value is -2.08. The number of carbonyl (C=O) groups is 2. The van der Waals surface area contributed by atoms with E-state index in [1.807, 2.05) is 30.3 Å². The topological polar surface area (TPSA) is 67.9 Å². The van der Waals surface area contributed by atoms with Crippen LogP contribution in [0, 0.1) is 0 Å². The van der Waals surface area contributed by atoms with Gasteiger partial charge in [-0.2, -0.15) is 0 Å². The number of carbonyl (C=O) groups excluding carboxylic acids is 2. The molecule has 0 radical (unpaired) electrons. The van der Waals surface area contributed by atoms with Crippen LogP contribution in [-0.2, 0) is 14.4 Å². The van der Waals surface area contributed by atoms with Crippen LogP contribution in [0.15, 0.2) is 30.3 Å². The Kier molecular flexibility index (Phi) is 6.37. The fourth-order valence-electron chi connectivity index (χ4n) is 1.79. The van der Waals surface area contributed by atoms with Gasteiger partial charge < -0.3 is 10.1 Å². The first-order valence-electron chi connectivity index (χ1n) is 7.08. The van der Waals surface area contributed by atoms with E-state index in [9.17, 15) is 9.59 Å². The summed E-state index contributed by atoms with van der Waals surface area (Å²) in [6.45, 7) is 5.36. The first-order chi connectivity index (χ1) is 10.2. The molecular formula is C16H24N2O4. The van der Waals surface area contributed by atoms with Gasteiger partial charge in [-0.15, -0.1) is 0 Å². The van der Waals surface area contributed by atoms with Gasteiger partial charge in [0, 0.05) is 7.05 Å². The van der Waals surface area contributed by atoms with E-state index >= 15 is 0 Å². The molecule has 6 heteroatoms. The molecule has 6 nitrogen and oxygen atoms in total. The number of hydroxylamine groups is 2. The molecule has 122 valence electrons. The second-order valence-electron chi connectivity index (χ2n) is 5.89. The highest BCUT2D eigenvalue weighted by Gasteiger charge is 2.23. The predicted octanol–water partition coefficient (Wildman–Crippen LogP) is 2.66. The maximum atomic E-state index is 12.0. The van der Waals surface area contributed by atoms with Gasteiger partial charge in [0.05, 0.1) is 19.6 Å². The molecule has 0 aliphatic heterocycles. The number of amides is 2. The lowest BCUT2D eigenvalue weighted by Gasteiger charge is -2.24.